The second kappa shape index (κ2) is 7.10. The number of allylic oxidation sites excluding steroid dienone is 2. The van der Waals surface area contributed by atoms with E-state index < -0.39 is 0 Å². The maximum atomic E-state index is 5.17. The molecule has 14 heavy (non-hydrogen) atoms. The van der Waals surface area contributed by atoms with Crippen LogP contribution in [-0.2, 0) is 4.74 Å². The number of hydrogen-bond donors (Lipinski definition) is 0. The molecule has 1 nitrogen and oxygen atoms in total. The van der Waals surface area contributed by atoms with Crippen molar-refractivity contribution in [1.29, 1.82) is 0 Å². The Labute approximate surface area is 85.7 Å². The molecule has 0 atom stereocenters. The lowest BCUT2D eigenvalue weighted by atomic mass is 10.2. The summed E-state index contributed by atoms with van der Waals surface area (Å²) >= 11 is 0. The molecule has 0 radical (unpaired) electrons. The Bertz CT molecular complexity index is 285. The van der Waals surface area contributed by atoms with Crippen LogP contribution < -0.4 is 0 Å². The summed E-state index contributed by atoms with van der Waals surface area (Å²) in [6.45, 7) is 3.45. The average molecular weight is 188 g/mol. The van der Waals surface area contributed by atoms with Gasteiger partial charge in [-0.3, -0.25) is 0 Å². The molecule has 0 N–H and O–H groups in total. The normalized spacial score (nSPS) is 11.5. The molecule has 0 spiro atoms. The van der Waals surface area contributed by atoms with Crippen molar-refractivity contribution in [1.82, 2.24) is 0 Å². The van der Waals surface area contributed by atoms with Crippen LogP contribution in [0.1, 0.15) is 12.5 Å². The van der Waals surface area contributed by atoms with E-state index in [-0.39, 0.29) is 0 Å². The summed E-state index contributed by atoms with van der Waals surface area (Å²) in [6.07, 6.45) is 8.10. The molecule has 0 bridgehead atoms. The minimum absolute atomic E-state index is 0.690. The van der Waals surface area contributed by atoms with Crippen molar-refractivity contribution in [2.24, 2.45) is 0 Å². The molecular weight excluding hydrogens is 172 g/mol. The van der Waals surface area contributed by atoms with Gasteiger partial charge < -0.3 is 4.74 Å². The van der Waals surface area contributed by atoms with Crippen LogP contribution in [0.2, 0.25) is 0 Å². The monoisotopic (exact) mass is 188 g/mol. The zero-order valence-corrected chi connectivity index (χ0v) is 8.52. The zero-order valence-electron chi connectivity index (χ0n) is 8.52. The standard InChI is InChI=1S/C13H16O/c1-2-14-12-8-4-7-11-13-9-5-3-6-10-13/h3-11H,2,12H2,1H3/b8-4+,11-7+. The third kappa shape index (κ3) is 4.63. The number of rotatable bonds is 5. The highest BCUT2D eigenvalue weighted by Gasteiger charge is 1.79. The lowest BCUT2D eigenvalue weighted by molar-refractivity contribution is 0.177. The van der Waals surface area contributed by atoms with Gasteiger partial charge in [0.05, 0.1) is 6.61 Å². The summed E-state index contributed by atoms with van der Waals surface area (Å²) in [6, 6.07) is 10.2. The second-order valence-corrected chi connectivity index (χ2v) is 2.86. The minimum Gasteiger partial charge on any atom is -0.378 e. The maximum absolute atomic E-state index is 5.17. The Hall–Kier alpha value is -1.34. The van der Waals surface area contributed by atoms with Crippen LogP contribution in [0, 0.1) is 0 Å². The van der Waals surface area contributed by atoms with Gasteiger partial charge >= 0.3 is 0 Å². The summed E-state index contributed by atoms with van der Waals surface area (Å²) in [7, 11) is 0. The van der Waals surface area contributed by atoms with Crippen LogP contribution in [0.4, 0.5) is 0 Å². The Morgan fingerprint density at radius 1 is 1.14 bits per heavy atom. The first kappa shape index (κ1) is 10.7. The molecule has 0 aromatic heterocycles. The molecule has 0 saturated carbocycles. The van der Waals surface area contributed by atoms with Gasteiger partial charge in [-0.05, 0) is 12.5 Å². The molecule has 1 heteroatoms. The Morgan fingerprint density at radius 2 is 1.93 bits per heavy atom. The molecule has 0 heterocycles. The Kier molecular flexibility index (Phi) is 5.45. The van der Waals surface area contributed by atoms with E-state index in [0.717, 1.165) is 6.61 Å². The highest BCUT2D eigenvalue weighted by molar-refractivity contribution is 5.50. The molecule has 0 saturated heterocycles. The lowest BCUT2D eigenvalue weighted by Gasteiger charge is -1.91. The molecule has 0 aliphatic carbocycles. The third-order valence-corrected chi connectivity index (χ3v) is 1.75. The molecule has 1 rings (SSSR count). The number of ether oxygens (including phenoxy) is 1. The molecule has 74 valence electrons. The minimum atomic E-state index is 0.690. The van der Waals surface area contributed by atoms with E-state index in [1.165, 1.54) is 5.56 Å². The number of hydrogen-bond acceptors (Lipinski definition) is 1. The highest BCUT2D eigenvalue weighted by Crippen LogP contribution is 2.00. The van der Waals surface area contributed by atoms with E-state index in [0.29, 0.717) is 6.61 Å². The molecule has 0 amide bonds. The molecule has 0 fully saturated rings. The van der Waals surface area contributed by atoms with Gasteiger partial charge in [0.1, 0.15) is 0 Å². The smallest absolute Gasteiger partial charge is 0.0650 e. The van der Waals surface area contributed by atoms with Gasteiger partial charge in [0.15, 0.2) is 0 Å². The van der Waals surface area contributed by atoms with Crippen LogP contribution >= 0.6 is 0 Å². The topological polar surface area (TPSA) is 9.23 Å². The summed E-state index contributed by atoms with van der Waals surface area (Å²) < 4.78 is 5.17. The van der Waals surface area contributed by atoms with Gasteiger partial charge in [-0.2, -0.15) is 0 Å². The number of benzene rings is 1. The van der Waals surface area contributed by atoms with Crippen LogP contribution in [0.3, 0.4) is 0 Å². The van der Waals surface area contributed by atoms with E-state index >= 15 is 0 Å². The van der Waals surface area contributed by atoms with Gasteiger partial charge in [-0.25, -0.2) is 0 Å². The first-order valence-corrected chi connectivity index (χ1v) is 4.89. The fraction of sp³-hybridized carbons (Fsp3) is 0.231. The quantitative estimate of drug-likeness (QED) is 0.509. The van der Waals surface area contributed by atoms with Crippen LogP contribution in [0.25, 0.3) is 6.08 Å². The van der Waals surface area contributed by atoms with Gasteiger partial charge in [-0.15, -0.1) is 0 Å². The maximum Gasteiger partial charge on any atom is 0.0650 e. The van der Waals surface area contributed by atoms with Crippen molar-refractivity contribution in [2.45, 2.75) is 6.92 Å². The van der Waals surface area contributed by atoms with E-state index in [2.05, 4.69) is 18.2 Å². The van der Waals surface area contributed by atoms with E-state index in [9.17, 15) is 0 Å². The van der Waals surface area contributed by atoms with Crippen molar-refractivity contribution in [3.63, 3.8) is 0 Å². The second-order valence-electron chi connectivity index (χ2n) is 2.86. The fourth-order valence-electron chi connectivity index (χ4n) is 1.05. The van der Waals surface area contributed by atoms with Crippen molar-refractivity contribution in [3.8, 4) is 0 Å². The molecule has 0 aliphatic heterocycles. The lowest BCUT2D eigenvalue weighted by Crippen LogP contribution is -1.87. The third-order valence-electron chi connectivity index (χ3n) is 1.75. The summed E-state index contributed by atoms with van der Waals surface area (Å²) in [5, 5.41) is 0. The first-order chi connectivity index (χ1) is 6.93. The zero-order chi connectivity index (χ0) is 10.1. The van der Waals surface area contributed by atoms with Crippen LogP contribution in [-0.4, -0.2) is 13.2 Å². The van der Waals surface area contributed by atoms with Gasteiger partial charge in [0, 0.05) is 6.61 Å². The van der Waals surface area contributed by atoms with Crippen molar-refractivity contribution in [3.05, 3.63) is 54.1 Å². The predicted octanol–water partition coefficient (Wildman–Crippen LogP) is 3.29. The highest BCUT2D eigenvalue weighted by atomic mass is 16.5. The SMILES string of the molecule is CCOC/C=C/C=C/c1ccccc1. The summed E-state index contributed by atoms with van der Waals surface area (Å²) in [5.41, 5.74) is 1.22. The molecular formula is C13H16O. The predicted molar refractivity (Wildman–Crippen MR) is 61.1 cm³/mol. The van der Waals surface area contributed by atoms with Crippen molar-refractivity contribution >= 4 is 6.08 Å². The fourth-order valence-corrected chi connectivity index (χ4v) is 1.05. The summed E-state index contributed by atoms with van der Waals surface area (Å²) in [4.78, 5) is 0. The molecule has 1 aromatic rings. The van der Waals surface area contributed by atoms with Gasteiger partial charge in [0.2, 0.25) is 0 Å². The Morgan fingerprint density at radius 3 is 2.64 bits per heavy atom. The summed E-state index contributed by atoms with van der Waals surface area (Å²) in [5.74, 6) is 0. The largest absolute Gasteiger partial charge is 0.378 e. The molecule has 1 aromatic carbocycles. The van der Waals surface area contributed by atoms with Crippen molar-refractivity contribution < 1.29 is 4.74 Å². The van der Waals surface area contributed by atoms with Crippen LogP contribution in [0.5, 0.6) is 0 Å². The van der Waals surface area contributed by atoms with E-state index in [1.54, 1.807) is 0 Å². The van der Waals surface area contributed by atoms with Gasteiger partial charge in [-0.1, -0.05) is 54.6 Å². The van der Waals surface area contributed by atoms with Crippen LogP contribution in [0.15, 0.2) is 48.6 Å². The van der Waals surface area contributed by atoms with E-state index in [1.807, 2.05) is 43.4 Å². The molecule has 0 unspecified atom stereocenters. The van der Waals surface area contributed by atoms with Gasteiger partial charge in [0.25, 0.3) is 0 Å². The molecule has 0 aliphatic rings. The first-order valence-electron chi connectivity index (χ1n) is 4.89. The average Bonchev–Trinajstić information content (AvgIpc) is 2.25. The van der Waals surface area contributed by atoms with E-state index in [4.69, 9.17) is 4.74 Å². The van der Waals surface area contributed by atoms with Crippen molar-refractivity contribution in [2.75, 3.05) is 13.2 Å². The Balaban J connectivity index is 2.31.